The van der Waals surface area contributed by atoms with E-state index in [0.717, 1.165) is 53.9 Å². The molecule has 0 radical (unpaired) electrons. The maximum Gasteiger partial charge on any atom is 0.191 e. The van der Waals surface area contributed by atoms with Crippen molar-refractivity contribution in [1.29, 1.82) is 0 Å². The fourth-order valence-electron chi connectivity index (χ4n) is 3.72. The van der Waals surface area contributed by atoms with Gasteiger partial charge < -0.3 is 24.5 Å². The summed E-state index contributed by atoms with van der Waals surface area (Å²) < 4.78 is 13.7. The number of imidazole rings is 1. The molecule has 31 heavy (non-hydrogen) atoms. The Morgan fingerprint density at radius 2 is 2.10 bits per heavy atom. The van der Waals surface area contributed by atoms with Crippen LogP contribution < -0.4 is 15.4 Å². The Morgan fingerprint density at radius 3 is 2.87 bits per heavy atom. The molecule has 3 aromatic rings. The molecule has 0 spiro atoms. The lowest BCUT2D eigenvalue weighted by Gasteiger charge is -2.16. The number of aliphatic imine (C=N–C) groups is 1. The van der Waals surface area contributed by atoms with Crippen molar-refractivity contribution in [2.45, 2.75) is 33.4 Å². The van der Waals surface area contributed by atoms with E-state index in [4.69, 9.17) is 9.47 Å². The van der Waals surface area contributed by atoms with Gasteiger partial charge in [-0.3, -0.25) is 4.99 Å². The Kier molecular flexibility index (Phi) is 6.72. The number of aryl methyl sites for hydroxylation is 2. The van der Waals surface area contributed by atoms with Gasteiger partial charge in [0, 0.05) is 43.6 Å². The number of nitrogens with zero attached hydrogens (tertiary/aromatic N) is 3. The maximum atomic E-state index is 6.15. The maximum absolute atomic E-state index is 6.15. The van der Waals surface area contributed by atoms with Gasteiger partial charge in [-0.15, -0.1) is 0 Å². The van der Waals surface area contributed by atoms with Gasteiger partial charge in [-0.2, -0.15) is 0 Å². The fraction of sp³-hybridized carbons (Fsp3) is 0.417. The number of hydrogen-bond donors (Lipinski definition) is 2. The standard InChI is InChI=1S/C24H31N5O2/c1-17-7-8-20(22(11-17)31-16-19-9-10-30-15-19)12-26-24(25-3)27-13-21-14-29-18(2)5-4-6-23(29)28-21/h4-8,11,14,19H,9-10,12-13,15-16H2,1-3H3,(H2,25,26,27). The van der Waals surface area contributed by atoms with E-state index >= 15 is 0 Å². The van der Waals surface area contributed by atoms with E-state index in [2.05, 4.69) is 69.3 Å². The summed E-state index contributed by atoms with van der Waals surface area (Å²) in [7, 11) is 1.77. The smallest absolute Gasteiger partial charge is 0.191 e. The second-order valence-corrected chi connectivity index (χ2v) is 8.06. The molecule has 4 rings (SSSR count). The van der Waals surface area contributed by atoms with Crippen LogP contribution in [-0.4, -0.2) is 42.2 Å². The topological polar surface area (TPSA) is 72.2 Å². The van der Waals surface area contributed by atoms with Gasteiger partial charge in [0.2, 0.25) is 0 Å². The average Bonchev–Trinajstić information content (AvgIpc) is 3.43. The summed E-state index contributed by atoms with van der Waals surface area (Å²) in [5, 5.41) is 6.74. The highest BCUT2D eigenvalue weighted by molar-refractivity contribution is 5.79. The summed E-state index contributed by atoms with van der Waals surface area (Å²) >= 11 is 0. The van der Waals surface area contributed by atoms with Crippen molar-refractivity contribution in [2.75, 3.05) is 26.9 Å². The second-order valence-electron chi connectivity index (χ2n) is 8.06. The summed E-state index contributed by atoms with van der Waals surface area (Å²) in [6.45, 7) is 7.70. The lowest BCUT2D eigenvalue weighted by Crippen LogP contribution is -2.36. The van der Waals surface area contributed by atoms with Crippen LogP contribution in [0.3, 0.4) is 0 Å². The number of pyridine rings is 1. The Hall–Kier alpha value is -3.06. The highest BCUT2D eigenvalue weighted by Crippen LogP contribution is 2.22. The number of aromatic nitrogens is 2. The molecule has 0 amide bonds. The van der Waals surface area contributed by atoms with Crippen LogP contribution in [0.1, 0.15) is 28.9 Å². The first kappa shape index (κ1) is 21.2. The minimum absolute atomic E-state index is 0.477. The molecule has 3 heterocycles. The molecule has 1 fully saturated rings. The van der Waals surface area contributed by atoms with Crippen LogP contribution in [-0.2, 0) is 17.8 Å². The van der Waals surface area contributed by atoms with Crippen molar-refractivity contribution in [3.05, 3.63) is 65.1 Å². The number of guanidine groups is 1. The van der Waals surface area contributed by atoms with E-state index in [0.29, 0.717) is 25.6 Å². The van der Waals surface area contributed by atoms with Gasteiger partial charge in [0.15, 0.2) is 5.96 Å². The van der Waals surface area contributed by atoms with Crippen molar-refractivity contribution in [1.82, 2.24) is 20.0 Å². The van der Waals surface area contributed by atoms with Gasteiger partial charge in [-0.05, 0) is 44.0 Å². The first-order valence-electron chi connectivity index (χ1n) is 10.8. The number of benzene rings is 1. The summed E-state index contributed by atoms with van der Waals surface area (Å²) in [5.41, 5.74) is 5.38. The summed E-state index contributed by atoms with van der Waals surface area (Å²) in [6, 6.07) is 12.4. The zero-order valence-corrected chi connectivity index (χ0v) is 18.5. The van der Waals surface area contributed by atoms with E-state index in [1.807, 2.05) is 12.1 Å². The molecule has 7 nitrogen and oxygen atoms in total. The summed E-state index contributed by atoms with van der Waals surface area (Å²) in [4.78, 5) is 9.02. The highest BCUT2D eigenvalue weighted by atomic mass is 16.5. The quantitative estimate of drug-likeness (QED) is 0.453. The van der Waals surface area contributed by atoms with Crippen molar-refractivity contribution in [3.63, 3.8) is 0 Å². The number of nitrogens with one attached hydrogen (secondary N) is 2. The number of rotatable bonds is 7. The molecule has 164 valence electrons. The lowest BCUT2D eigenvalue weighted by atomic mass is 10.1. The molecule has 1 aliphatic heterocycles. The second kappa shape index (κ2) is 9.83. The molecule has 2 aromatic heterocycles. The minimum atomic E-state index is 0.477. The molecular formula is C24H31N5O2. The molecule has 1 atom stereocenters. The van der Waals surface area contributed by atoms with E-state index in [-0.39, 0.29) is 0 Å². The van der Waals surface area contributed by atoms with Gasteiger partial charge in [0.1, 0.15) is 11.4 Å². The molecule has 0 bridgehead atoms. The summed E-state index contributed by atoms with van der Waals surface area (Å²) in [6.07, 6.45) is 3.13. The Balaban J connectivity index is 1.35. The molecule has 1 aromatic carbocycles. The third-order valence-electron chi connectivity index (χ3n) is 5.57. The zero-order valence-electron chi connectivity index (χ0n) is 18.5. The lowest BCUT2D eigenvalue weighted by molar-refractivity contribution is 0.166. The van der Waals surface area contributed by atoms with E-state index < -0.39 is 0 Å². The van der Waals surface area contributed by atoms with Crippen molar-refractivity contribution in [3.8, 4) is 5.75 Å². The van der Waals surface area contributed by atoms with Crippen molar-refractivity contribution < 1.29 is 9.47 Å². The number of hydrogen-bond acceptors (Lipinski definition) is 4. The number of fused-ring (bicyclic) bond motifs is 1. The van der Waals surface area contributed by atoms with Gasteiger partial charge in [0.05, 0.1) is 25.5 Å². The molecule has 1 saturated heterocycles. The van der Waals surface area contributed by atoms with E-state index in [1.54, 1.807) is 7.05 Å². The molecule has 1 aliphatic rings. The zero-order chi connectivity index (χ0) is 21.6. The van der Waals surface area contributed by atoms with E-state index in [9.17, 15) is 0 Å². The summed E-state index contributed by atoms with van der Waals surface area (Å²) in [5.74, 6) is 2.12. The Labute approximate surface area is 183 Å². The van der Waals surface area contributed by atoms with Gasteiger partial charge in [-0.25, -0.2) is 4.98 Å². The van der Waals surface area contributed by atoms with Gasteiger partial charge >= 0.3 is 0 Å². The Bertz CT molecular complexity index is 1050. The third-order valence-corrected chi connectivity index (χ3v) is 5.57. The highest BCUT2D eigenvalue weighted by Gasteiger charge is 2.17. The predicted molar refractivity (Wildman–Crippen MR) is 123 cm³/mol. The minimum Gasteiger partial charge on any atom is -0.493 e. The largest absolute Gasteiger partial charge is 0.493 e. The monoisotopic (exact) mass is 421 g/mol. The first-order chi connectivity index (χ1) is 15.1. The molecule has 0 saturated carbocycles. The normalized spacial score (nSPS) is 16.6. The van der Waals surface area contributed by atoms with Gasteiger partial charge in [-0.1, -0.05) is 18.2 Å². The first-order valence-corrected chi connectivity index (χ1v) is 10.8. The predicted octanol–water partition coefficient (Wildman–Crippen LogP) is 3.23. The molecule has 2 N–H and O–H groups in total. The van der Waals surface area contributed by atoms with Crippen LogP contribution in [0.5, 0.6) is 5.75 Å². The van der Waals surface area contributed by atoms with Crippen LogP contribution in [0.15, 0.2) is 47.6 Å². The van der Waals surface area contributed by atoms with Crippen LogP contribution >= 0.6 is 0 Å². The van der Waals surface area contributed by atoms with Crippen LogP contribution in [0.25, 0.3) is 5.65 Å². The van der Waals surface area contributed by atoms with Crippen molar-refractivity contribution >= 4 is 11.6 Å². The number of ether oxygens (including phenoxy) is 2. The Morgan fingerprint density at radius 1 is 1.23 bits per heavy atom. The van der Waals surface area contributed by atoms with Crippen LogP contribution in [0.2, 0.25) is 0 Å². The molecule has 1 unspecified atom stereocenters. The average molecular weight is 422 g/mol. The SMILES string of the molecule is CN=C(NCc1cn2c(C)cccc2n1)NCc1ccc(C)cc1OCC1CCOC1. The fourth-order valence-corrected chi connectivity index (χ4v) is 3.72. The van der Waals surface area contributed by atoms with Crippen LogP contribution in [0, 0.1) is 19.8 Å². The molecular weight excluding hydrogens is 390 g/mol. The molecule has 0 aliphatic carbocycles. The van der Waals surface area contributed by atoms with Gasteiger partial charge in [0.25, 0.3) is 0 Å². The molecule has 7 heteroatoms. The van der Waals surface area contributed by atoms with Crippen LogP contribution in [0.4, 0.5) is 0 Å². The third kappa shape index (κ3) is 5.35. The van der Waals surface area contributed by atoms with E-state index in [1.165, 1.54) is 5.56 Å². The van der Waals surface area contributed by atoms with Crippen molar-refractivity contribution in [2.24, 2.45) is 10.9 Å².